The smallest absolute Gasteiger partial charge is 0.179 e. The van der Waals surface area contributed by atoms with Crippen LogP contribution < -0.4 is 0 Å². The quantitative estimate of drug-likeness (QED) is 0.572. The molecule has 1 aliphatic rings. The molecule has 1 atom stereocenters. The lowest BCUT2D eigenvalue weighted by Gasteiger charge is -2.21. The zero-order valence-corrected chi connectivity index (χ0v) is 18.7. The summed E-state index contributed by atoms with van der Waals surface area (Å²) in [5, 5.41) is 1.12. The number of rotatable bonds is 8. The summed E-state index contributed by atoms with van der Waals surface area (Å²) in [7, 11) is 0.516. The van der Waals surface area contributed by atoms with Gasteiger partial charge in [-0.05, 0) is 62.3 Å². The van der Waals surface area contributed by atoms with Gasteiger partial charge in [-0.25, -0.2) is 13.4 Å². The summed E-state index contributed by atoms with van der Waals surface area (Å²) in [6.07, 6.45) is 8.09. The van der Waals surface area contributed by atoms with Gasteiger partial charge in [-0.3, -0.25) is 0 Å². The van der Waals surface area contributed by atoms with E-state index in [1.807, 2.05) is 43.4 Å². The van der Waals surface area contributed by atoms with Crippen molar-refractivity contribution in [2.75, 3.05) is 26.4 Å². The Morgan fingerprint density at radius 2 is 1.87 bits per heavy atom. The van der Waals surface area contributed by atoms with Crippen LogP contribution in [0.15, 0.2) is 53.6 Å². The van der Waals surface area contributed by atoms with Crippen molar-refractivity contribution in [2.45, 2.75) is 42.9 Å². The van der Waals surface area contributed by atoms with Crippen molar-refractivity contribution in [1.29, 1.82) is 0 Å². The molecule has 1 saturated carbocycles. The van der Waals surface area contributed by atoms with E-state index in [-0.39, 0.29) is 11.7 Å². The third kappa shape index (κ3) is 4.76. The maximum Gasteiger partial charge on any atom is 0.179 e. The molecular weight excluding hydrogens is 394 g/mol. The van der Waals surface area contributed by atoms with Crippen molar-refractivity contribution in [1.82, 2.24) is 14.9 Å². The minimum atomic E-state index is -3.26. The van der Waals surface area contributed by atoms with E-state index in [9.17, 15) is 8.42 Å². The van der Waals surface area contributed by atoms with Crippen molar-refractivity contribution < 1.29 is 8.42 Å². The lowest BCUT2D eigenvalue weighted by Crippen LogP contribution is -2.22. The van der Waals surface area contributed by atoms with E-state index < -0.39 is 9.84 Å². The third-order valence-electron chi connectivity index (χ3n) is 6.28. The van der Waals surface area contributed by atoms with E-state index in [1.165, 1.54) is 36.9 Å². The summed E-state index contributed by atoms with van der Waals surface area (Å²) in [6, 6.07) is 13.8. The van der Waals surface area contributed by atoms with Crippen LogP contribution in [0.2, 0.25) is 0 Å². The van der Waals surface area contributed by atoms with Crippen LogP contribution in [0.4, 0.5) is 0 Å². The number of nitrogens with one attached hydrogen (secondary N) is 1. The topological polar surface area (TPSA) is 66.1 Å². The summed E-state index contributed by atoms with van der Waals surface area (Å²) in [6.45, 7) is 0.524. The Labute approximate surface area is 179 Å². The van der Waals surface area contributed by atoms with E-state index in [4.69, 9.17) is 0 Å². The fourth-order valence-corrected chi connectivity index (χ4v) is 5.91. The van der Waals surface area contributed by atoms with Crippen LogP contribution in [0.1, 0.15) is 49.3 Å². The van der Waals surface area contributed by atoms with Gasteiger partial charge in [0.1, 0.15) is 5.65 Å². The zero-order chi connectivity index (χ0) is 21.1. The molecule has 3 aromatic rings. The largest absolute Gasteiger partial charge is 0.343 e. The third-order valence-corrected chi connectivity index (χ3v) is 7.99. The minimum Gasteiger partial charge on any atom is -0.343 e. The molecule has 0 radical (unpaired) electrons. The number of fused-ring (bicyclic) bond motifs is 1. The number of sulfone groups is 1. The highest BCUT2D eigenvalue weighted by Crippen LogP contribution is 2.38. The number of nitrogens with zero attached hydrogens (tertiary/aromatic N) is 2. The van der Waals surface area contributed by atoms with Crippen LogP contribution in [0, 0.1) is 5.92 Å². The maximum absolute atomic E-state index is 12.6. The monoisotopic (exact) mass is 425 g/mol. The molecule has 0 bridgehead atoms. The van der Waals surface area contributed by atoms with Gasteiger partial charge in [0.05, 0.1) is 10.6 Å². The Balaban J connectivity index is 1.63. The molecule has 1 N–H and O–H groups in total. The highest BCUT2D eigenvalue weighted by molar-refractivity contribution is 7.91. The molecule has 1 unspecified atom stereocenters. The Hall–Kier alpha value is -2.18. The molecule has 2 heterocycles. The second-order valence-corrected chi connectivity index (χ2v) is 10.9. The van der Waals surface area contributed by atoms with Crippen LogP contribution >= 0.6 is 0 Å². The number of benzene rings is 1. The van der Waals surface area contributed by atoms with Gasteiger partial charge in [-0.15, -0.1) is 0 Å². The SMILES string of the molecule is CN(C)CCS(=O)(=O)c1ccc(C(CC2CCCC2)c2cc3cccnc3[nH]2)cc1. The van der Waals surface area contributed by atoms with Crippen LogP contribution in [0.25, 0.3) is 11.0 Å². The second kappa shape index (κ2) is 8.90. The Bertz CT molecular complexity index is 1050. The fraction of sp³-hybridized carbons (Fsp3) is 0.458. The highest BCUT2D eigenvalue weighted by Gasteiger charge is 2.25. The van der Waals surface area contributed by atoms with Crippen molar-refractivity contribution >= 4 is 20.9 Å². The van der Waals surface area contributed by atoms with Gasteiger partial charge in [0, 0.05) is 29.7 Å². The van der Waals surface area contributed by atoms with Gasteiger partial charge in [0.15, 0.2) is 9.84 Å². The van der Waals surface area contributed by atoms with Crippen LogP contribution in [-0.2, 0) is 9.84 Å². The average Bonchev–Trinajstić information content (AvgIpc) is 3.40. The molecule has 6 heteroatoms. The van der Waals surface area contributed by atoms with Crippen molar-refractivity contribution in [3.05, 3.63) is 59.9 Å². The lowest BCUT2D eigenvalue weighted by atomic mass is 9.86. The van der Waals surface area contributed by atoms with Crippen molar-refractivity contribution in [2.24, 2.45) is 5.92 Å². The normalized spacial score (nSPS) is 16.5. The Kier molecular flexibility index (Phi) is 6.25. The van der Waals surface area contributed by atoms with Crippen LogP contribution in [0.5, 0.6) is 0 Å². The molecule has 0 spiro atoms. The van der Waals surface area contributed by atoms with Gasteiger partial charge in [0.2, 0.25) is 0 Å². The van der Waals surface area contributed by atoms with Gasteiger partial charge in [-0.2, -0.15) is 0 Å². The van der Waals surface area contributed by atoms with Gasteiger partial charge in [-0.1, -0.05) is 37.8 Å². The van der Waals surface area contributed by atoms with Gasteiger partial charge >= 0.3 is 0 Å². The minimum absolute atomic E-state index is 0.137. The van der Waals surface area contributed by atoms with E-state index in [0.717, 1.165) is 23.4 Å². The first-order chi connectivity index (χ1) is 14.4. The van der Waals surface area contributed by atoms with E-state index in [2.05, 4.69) is 22.1 Å². The van der Waals surface area contributed by atoms with Crippen LogP contribution in [0.3, 0.4) is 0 Å². The number of hydrogen-bond donors (Lipinski definition) is 1. The van der Waals surface area contributed by atoms with E-state index in [0.29, 0.717) is 11.4 Å². The molecule has 1 fully saturated rings. The molecule has 1 aromatic carbocycles. The first kappa shape index (κ1) is 21.1. The highest BCUT2D eigenvalue weighted by atomic mass is 32.2. The standard InChI is InChI=1S/C24H31N3O2S/c1-27(2)14-15-30(28,29)21-11-9-19(10-12-21)22(16-18-6-3-4-7-18)23-17-20-8-5-13-25-24(20)26-23/h5,8-13,17-18,22H,3-4,6-7,14-16H2,1-2H3,(H,25,26). The number of hydrogen-bond acceptors (Lipinski definition) is 4. The molecular formula is C24H31N3O2S. The second-order valence-electron chi connectivity index (χ2n) is 8.80. The molecule has 4 rings (SSSR count). The summed E-state index contributed by atoms with van der Waals surface area (Å²) in [5.74, 6) is 1.08. The molecule has 30 heavy (non-hydrogen) atoms. The number of H-pyrrole nitrogens is 1. The predicted molar refractivity (Wildman–Crippen MR) is 122 cm³/mol. The molecule has 1 aliphatic carbocycles. The Morgan fingerprint density at radius 1 is 1.13 bits per heavy atom. The first-order valence-electron chi connectivity index (χ1n) is 10.8. The van der Waals surface area contributed by atoms with Crippen molar-refractivity contribution in [3.63, 3.8) is 0 Å². The van der Waals surface area contributed by atoms with Gasteiger partial charge in [0.25, 0.3) is 0 Å². The molecule has 0 aliphatic heterocycles. The fourth-order valence-electron chi connectivity index (χ4n) is 4.52. The molecule has 160 valence electrons. The number of aromatic amines is 1. The summed E-state index contributed by atoms with van der Waals surface area (Å²) in [5.41, 5.74) is 3.24. The van der Waals surface area contributed by atoms with E-state index >= 15 is 0 Å². The van der Waals surface area contributed by atoms with Gasteiger partial charge < -0.3 is 9.88 Å². The average molecular weight is 426 g/mol. The van der Waals surface area contributed by atoms with Crippen molar-refractivity contribution in [3.8, 4) is 0 Å². The number of pyridine rings is 1. The summed E-state index contributed by atoms with van der Waals surface area (Å²) >= 11 is 0. The summed E-state index contributed by atoms with van der Waals surface area (Å²) < 4.78 is 25.3. The van der Waals surface area contributed by atoms with Crippen LogP contribution in [-0.4, -0.2) is 49.7 Å². The Morgan fingerprint density at radius 3 is 2.53 bits per heavy atom. The molecule has 0 saturated heterocycles. The first-order valence-corrected chi connectivity index (χ1v) is 12.5. The molecule has 5 nitrogen and oxygen atoms in total. The predicted octanol–water partition coefficient (Wildman–Crippen LogP) is 4.61. The zero-order valence-electron chi connectivity index (χ0n) is 17.8. The maximum atomic E-state index is 12.6. The number of aromatic nitrogens is 2. The lowest BCUT2D eigenvalue weighted by molar-refractivity contribution is 0.432. The molecule has 0 amide bonds. The summed E-state index contributed by atoms with van der Waals surface area (Å²) in [4.78, 5) is 10.3. The molecule has 2 aromatic heterocycles. The van der Waals surface area contributed by atoms with E-state index in [1.54, 1.807) is 12.1 Å².